The molecule has 4 rings (SSSR count). The minimum atomic E-state index is -3.86. The Kier molecular flexibility index (Phi) is 6.42. The fourth-order valence-electron chi connectivity index (χ4n) is 2.88. The van der Waals surface area contributed by atoms with Crippen LogP contribution in [0, 0.1) is 0 Å². The van der Waals surface area contributed by atoms with Gasteiger partial charge in [0.2, 0.25) is 5.88 Å². The molecule has 0 bridgehead atoms. The Bertz CT molecular complexity index is 1290. The highest BCUT2D eigenvalue weighted by Crippen LogP contribution is 2.30. The molecule has 164 valence electrons. The first-order valence-electron chi connectivity index (χ1n) is 9.65. The van der Waals surface area contributed by atoms with E-state index in [0.717, 1.165) is 0 Å². The summed E-state index contributed by atoms with van der Waals surface area (Å²) in [5.74, 6) is 1.77. The molecule has 0 atom stereocenters. The minimum absolute atomic E-state index is 0.0482. The van der Waals surface area contributed by atoms with Gasteiger partial charge in [-0.15, -0.1) is 10.2 Å². The predicted molar refractivity (Wildman–Crippen MR) is 124 cm³/mol. The fraction of sp³-hybridized carbons (Fsp3) is 0.0909. The molecule has 4 aromatic rings. The van der Waals surface area contributed by atoms with Crippen molar-refractivity contribution in [3.63, 3.8) is 0 Å². The van der Waals surface area contributed by atoms with E-state index in [2.05, 4.69) is 30.8 Å². The number of halogens is 1. The highest BCUT2D eigenvalue weighted by molar-refractivity contribution is 9.10. The third kappa shape index (κ3) is 5.09. The molecule has 1 N–H and O–H groups in total. The fourth-order valence-corrected chi connectivity index (χ4v) is 4.62. The van der Waals surface area contributed by atoms with Gasteiger partial charge in [-0.1, -0.05) is 15.9 Å². The minimum Gasteiger partial charge on any atom is -0.492 e. The molecule has 10 heteroatoms. The third-order valence-electron chi connectivity index (χ3n) is 4.32. The van der Waals surface area contributed by atoms with Crippen LogP contribution in [0.25, 0.3) is 5.82 Å². The van der Waals surface area contributed by atoms with Crippen LogP contribution in [0.2, 0.25) is 0 Å². The molecule has 0 aliphatic rings. The lowest BCUT2D eigenvalue weighted by molar-refractivity contribution is 0.331. The maximum absolute atomic E-state index is 12.9. The summed E-state index contributed by atoms with van der Waals surface area (Å²) < 4.78 is 42.0. The molecular formula is C22H19BrN4O4S. The van der Waals surface area contributed by atoms with Crippen LogP contribution in [0.4, 0.5) is 5.69 Å². The molecule has 2 heterocycles. The molecule has 0 fully saturated rings. The van der Waals surface area contributed by atoms with Crippen molar-refractivity contribution in [2.24, 2.45) is 0 Å². The van der Waals surface area contributed by atoms with E-state index in [1.165, 1.54) is 6.07 Å². The number of sulfonamides is 1. The van der Waals surface area contributed by atoms with Crippen molar-refractivity contribution in [3.8, 4) is 23.2 Å². The first-order valence-corrected chi connectivity index (χ1v) is 11.9. The van der Waals surface area contributed by atoms with Crippen LogP contribution >= 0.6 is 15.9 Å². The van der Waals surface area contributed by atoms with Gasteiger partial charge in [0, 0.05) is 28.6 Å². The lowest BCUT2D eigenvalue weighted by atomic mass is 10.3. The van der Waals surface area contributed by atoms with Gasteiger partial charge in [0.25, 0.3) is 10.0 Å². The lowest BCUT2D eigenvalue weighted by Gasteiger charge is -2.13. The van der Waals surface area contributed by atoms with Gasteiger partial charge >= 0.3 is 0 Å². The zero-order chi connectivity index (χ0) is 22.6. The van der Waals surface area contributed by atoms with Crippen LogP contribution in [-0.2, 0) is 10.0 Å². The summed E-state index contributed by atoms with van der Waals surface area (Å²) in [4.78, 5) is 0.0482. The number of hydrogen-bond donors (Lipinski definition) is 1. The molecule has 0 aliphatic heterocycles. The van der Waals surface area contributed by atoms with Gasteiger partial charge in [-0.2, -0.15) is 0 Å². The SMILES string of the molecule is CCOc1ccc(Br)cc1S(=O)(=O)Nc1ccc(Oc2ccc(-n3cccc3)nn2)cc1. The Morgan fingerprint density at radius 3 is 2.41 bits per heavy atom. The molecule has 0 unspecified atom stereocenters. The van der Waals surface area contributed by atoms with E-state index in [9.17, 15) is 8.42 Å². The van der Waals surface area contributed by atoms with Gasteiger partial charge in [-0.25, -0.2) is 8.42 Å². The summed E-state index contributed by atoms with van der Waals surface area (Å²) in [7, 11) is -3.86. The van der Waals surface area contributed by atoms with Crippen molar-refractivity contribution in [1.29, 1.82) is 0 Å². The van der Waals surface area contributed by atoms with Crippen molar-refractivity contribution in [2.45, 2.75) is 11.8 Å². The van der Waals surface area contributed by atoms with Gasteiger partial charge in [0.1, 0.15) is 16.4 Å². The maximum Gasteiger partial charge on any atom is 0.265 e. The normalized spacial score (nSPS) is 11.2. The molecule has 0 amide bonds. The van der Waals surface area contributed by atoms with E-state index in [-0.39, 0.29) is 10.6 Å². The summed E-state index contributed by atoms with van der Waals surface area (Å²) in [6.45, 7) is 2.15. The number of aromatic nitrogens is 3. The van der Waals surface area contributed by atoms with Crippen LogP contribution < -0.4 is 14.2 Å². The first kappa shape index (κ1) is 21.8. The van der Waals surface area contributed by atoms with Crippen LogP contribution in [0.3, 0.4) is 0 Å². The molecule has 0 aliphatic carbocycles. The molecule has 0 saturated carbocycles. The zero-order valence-corrected chi connectivity index (χ0v) is 19.4. The second kappa shape index (κ2) is 9.41. The second-order valence-electron chi connectivity index (χ2n) is 6.58. The largest absolute Gasteiger partial charge is 0.492 e. The number of hydrogen-bond acceptors (Lipinski definition) is 6. The van der Waals surface area contributed by atoms with Crippen LogP contribution in [-0.4, -0.2) is 29.8 Å². The maximum atomic E-state index is 12.9. The van der Waals surface area contributed by atoms with Gasteiger partial charge in [0.05, 0.1) is 6.61 Å². The molecule has 2 aromatic heterocycles. The van der Waals surface area contributed by atoms with E-state index < -0.39 is 10.0 Å². The summed E-state index contributed by atoms with van der Waals surface area (Å²) in [6, 6.07) is 18.6. The van der Waals surface area contributed by atoms with E-state index in [0.29, 0.717) is 34.2 Å². The topological polar surface area (TPSA) is 95.3 Å². The predicted octanol–water partition coefficient (Wildman–Crippen LogP) is 5.02. The highest BCUT2D eigenvalue weighted by atomic mass is 79.9. The molecular weight excluding hydrogens is 496 g/mol. The standard InChI is InChI=1S/C22H19BrN4O4S/c1-2-30-19-10-5-16(23)15-20(19)32(28,29)26-17-6-8-18(9-7-17)31-22-12-11-21(24-25-22)27-13-3-4-14-27/h3-15,26H,2H2,1H3. The van der Waals surface area contributed by atoms with Crippen molar-refractivity contribution in [1.82, 2.24) is 14.8 Å². The third-order valence-corrected chi connectivity index (χ3v) is 6.21. The summed E-state index contributed by atoms with van der Waals surface area (Å²) in [5.41, 5.74) is 0.383. The van der Waals surface area contributed by atoms with Crippen molar-refractivity contribution >= 4 is 31.6 Å². The van der Waals surface area contributed by atoms with Gasteiger partial charge in [-0.3, -0.25) is 4.72 Å². The second-order valence-corrected chi connectivity index (χ2v) is 9.14. The Labute approximate surface area is 194 Å². The molecule has 0 spiro atoms. The monoisotopic (exact) mass is 514 g/mol. The molecule has 0 radical (unpaired) electrons. The summed E-state index contributed by atoms with van der Waals surface area (Å²) in [6.07, 6.45) is 3.74. The Balaban J connectivity index is 1.46. The lowest BCUT2D eigenvalue weighted by Crippen LogP contribution is -2.14. The van der Waals surface area contributed by atoms with Crippen molar-refractivity contribution in [2.75, 3.05) is 11.3 Å². The Hall–Kier alpha value is -3.37. The number of anilines is 1. The van der Waals surface area contributed by atoms with E-state index in [1.54, 1.807) is 55.5 Å². The number of benzene rings is 2. The molecule has 32 heavy (non-hydrogen) atoms. The average molecular weight is 515 g/mol. The highest BCUT2D eigenvalue weighted by Gasteiger charge is 2.20. The van der Waals surface area contributed by atoms with Crippen LogP contribution in [0.5, 0.6) is 17.4 Å². The first-order chi connectivity index (χ1) is 15.4. The Morgan fingerprint density at radius 2 is 1.75 bits per heavy atom. The molecule has 2 aromatic carbocycles. The number of nitrogens with zero attached hydrogens (tertiary/aromatic N) is 3. The van der Waals surface area contributed by atoms with Gasteiger partial charge < -0.3 is 14.0 Å². The van der Waals surface area contributed by atoms with Gasteiger partial charge in [0.15, 0.2) is 5.82 Å². The summed E-state index contributed by atoms with van der Waals surface area (Å²) in [5, 5.41) is 8.19. The van der Waals surface area contributed by atoms with Crippen molar-refractivity contribution in [3.05, 3.63) is 83.6 Å². The number of rotatable bonds is 8. The van der Waals surface area contributed by atoms with Gasteiger partial charge in [-0.05, 0) is 67.6 Å². The number of ether oxygens (including phenoxy) is 2. The quantitative estimate of drug-likeness (QED) is 0.354. The van der Waals surface area contributed by atoms with E-state index >= 15 is 0 Å². The summed E-state index contributed by atoms with van der Waals surface area (Å²) >= 11 is 3.31. The Morgan fingerprint density at radius 1 is 1.00 bits per heavy atom. The van der Waals surface area contributed by atoms with E-state index in [4.69, 9.17) is 9.47 Å². The van der Waals surface area contributed by atoms with Crippen molar-refractivity contribution < 1.29 is 17.9 Å². The van der Waals surface area contributed by atoms with Crippen LogP contribution in [0.15, 0.2) is 88.5 Å². The molecule has 0 saturated heterocycles. The average Bonchev–Trinajstić information content (AvgIpc) is 3.32. The smallest absolute Gasteiger partial charge is 0.265 e. The molecule has 8 nitrogen and oxygen atoms in total. The number of nitrogens with one attached hydrogen (secondary N) is 1. The van der Waals surface area contributed by atoms with Crippen LogP contribution in [0.1, 0.15) is 6.92 Å². The van der Waals surface area contributed by atoms with E-state index in [1.807, 2.05) is 29.1 Å². The zero-order valence-electron chi connectivity index (χ0n) is 17.0.